The number of likely N-dealkylation sites (N-methyl/N-ethyl adjacent to an activating group) is 1. The summed E-state index contributed by atoms with van der Waals surface area (Å²) in [4.78, 5) is 34.1. The Labute approximate surface area is 211 Å². The van der Waals surface area contributed by atoms with Gasteiger partial charge in [-0.1, -0.05) is 44.1 Å². The molecule has 9 nitrogen and oxygen atoms in total. The molecule has 190 valence electrons. The van der Waals surface area contributed by atoms with Gasteiger partial charge >= 0.3 is 6.03 Å². The number of pyridine rings is 1. The lowest BCUT2D eigenvalue weighted by molar-refractivity contribution is 0.0988. The normalized spacial score (nSPS) is 15.0. The van der Waals surface area contributed by atoms with Crippen LogP contribution in [0.15, 0.2) is 53.2 Å². The number of hydrogen-bond donors (Lipinski definition) is 2. The minimum absolute atomic E-state index is 0.0414. The Morgan fingerprint density at radius 2 is 1.67 bits per heavy atom. The lowest BCUT2D eigenvalue weighted by atomic mass is 9.93. The number of urea groups is 1. The molecular formula is C27H34N6O3. The van der Waals surface area contributed by atoms with Crippen LogP contribution < -0.4 is 10.6 Å². The molecule has 36 heavy (non-hydrogen) atoms. The Hall–Kier alpha value is -3.56. The molecule has 2 amide bonds. The van der Waals surface area contributed by atoms with Gasteiger partial charge < -0.3 is 14.7 Å². The minimum Gasteiger partial charge on any atom is -0.359 e. The molecule has 0 bridgehead atoms. The monoisotopic (exact) mass is 490 g/mol. The van der Waals surface area contributed by atoms with E-state index in [2.05, 4.69) is 37.6 Å². The van der Waals surface area contributed by atoms with Crippen molar-refractivity contribution in [2.75, 3.05) is 43.9 Å². The second-order valence-electron chi connectivity index (χ2n) is 10.3. The van der Waals surface area contributed by atoms with Gasteiger partial charge in [-0.15, -0.1) is 0 Å². The predicted octanol–water partition coefficient (Wildman–Crippen LogP) is 4.18. The molecule has 1 aliphatic rings. The van der Waals surface area contributed by atoms with Crippen molar-refractivity contribution in [3.8, 4) is 0 Å². The number of benzene rings is 1. The van der Waals surface area contributed by atoms with Crippen LogP contribution >= 0.6 is 0 Å². The number of nitrogens with zero attached hydrogens (tertiary/aromatic N) is 4. The fourth-order valence-corrected chi connectivity index (χ4v) is 3.90. The number of anilines is 2. The summed E-state index contributed by atoms with van der Waals surface area (Å²) < 4.78 is 5.28. The Balaban J connectivity index is 1.26. The van der Waals surface area contributed by atoms with Crippen LogP contribution in [-0.2, 0) is 18.4 Å². The molecule has 0 spiro atoms. The van der Waals surface area contributed by atoms with Crippen molar-refractivity contribution in [2.24, 2.45) is 0 Å². The highest BCUT2D eigenvalue weighted by Crippen LogP contribution is 2.24. The van der Waals surface area contributed by atoms with E-state index in [4.69, 9.17) is 4.52 Å². The van der Waals surface area contributed by atoms with Crippen molar-refractivity contribution in [1.82, 2.24) is 19.9 Å². The van der Waals surface area contributed by atoms with Gasteiger partial charge in [0.15, 0.2) is 11.6 Å². The maximum atomic E-state index is 12.7. The van der Waals surface area contributed by atoms with E-state index >= 15 is 0 Å². The third kappa shape index (κ3) is 6.99. The summed E-state index contributed by atoms with van der Waals surface area (Å²) >= 11 is 0. The van der Waals surface area contributed by atoms with Gasteiger partial charge in [0.05, 0.1) is 0 Å². The summed E-state index contributed by atoms with van der Waals surface area (Å²) in [6, 6.07) is 12.3. The molecule has 0 unspecified atom stereocenters. The largest absolute Gasteiger partial charge is 0.359 e. The molecule has 2 N–H and O–H groups in total. The molecule has 0 radical (unpaired) electrons. The summed E-state index contributed by atoms with van der Waals surface area (Å²) in [7, 11) is 2.14. The van der Waals surface area contributed by atoms with E-state index in [-0.39, 0.29) is 17.6 Å². The molecule has 1 saturated heterocycles. The number of carbonyl (C=O) groups is 2. The van der Waals surface area contributed by atoms with Crippen LogP contribution in [-0.4, -0.2) is 65.0 Å². The van der Waals surface area contributed by atoms with Crippen LogP contribution in [0.1, 0.15) is 48.1 Å². The number of carbonyl (C=O) groups excluding carboxylic acids is 2. The number of ketones is 1. The second-order valence-corrected chi connectivity index (χ2v) is 10.3. The average Bonchev–Trinajstić information content (AvgIpc) is 3.31. The standard InChI is InChI=1S/C27H34N6O3/c1-27(2,3)24-16-25(31-36-24)30-26(35)29-21-8-5-19(6-9-21)15-23(34)22-10-7-20(17-28-22)18-33-13-11-32(4)12-14-33/h5-10,16-17H,11-15,18H2,1-4H3,(H2,29,30,31,35). The van der Waals surface area contributed by atoms with Crippen LogP contribution in [0.5, 0.6) is 0 Å². The average molecular weight is 491 g/mol. The number of Topliss-reactive ketones (excluding diaryl/α,β-unsaturated/α-hetero) is 1. The number of rotatable bonds is 7. The first-order chi connectivity index (χ1) is 17.2. The molecule has 2 aromatic heterocycles. The molecule has 4 rings (SSSR count). The van der Waals surface area contributed by atoms with Crippen LogP contribution in [0.4, 0.5) is 16.3 Å². The topological polar surface area (TPSA) is 104 Å². The van der Waals surface area contributed by atoms with E-state index in [1.54, 1.807) is 24.4 Å². The Morgan fingerprint density at radius 1 is 0.972 bits per heavy atom. The molecule has 3 heterocycles. The summed E-state index contributed by atoms with van der Waals surface area (Å²) in [6.07, 6.45) is 2.04. The van der Waals surface area contributed by atoms with E-state index in [9.17, 15) is 9.59 Å². The highest BCUT2D eigenvalue weighted by atomic mass is 16.5. The van der Waals surface area contributed by atoms with E-state index in [1.807, 2.05) is 45.0 Å². The first-order valence-electron chi connectivity index (χ1n) is 12.2. The third-order valence-corrected chi connectivity index (χ3v) is 6.18. The molecule has 1 aromatic carbocycles. The molecule has 3 aromatic rings. The molecule has 0 aliphatic carbocycles. The molecular weight excluding hydrogens is 456 g/mol. The van der Waals surface area contributed by atoms with E-state index in [0.29, 0.717) is 23.0 Å². The van der Waals surface area contributed by atoms with Gasteiger partial charge in [0.2, 0.25) is 0 Å². The predicted molar refractivity (Wildman–Crippen MR) is 139 cm³/mol. The van der Waals surface area contributed by atoms with Gasteiger partial charge in [-0.05, 0) is 36.4 Å². The zero-order valence-electron chi connectivity index (χ0n) is 21.4. The van der Waals surface area contributed by atoms with Gasteiger partial charge in [-0.2, -0.15) is 0 Å². The van der Waals surface area contributed by atoms with Gasteiger partial charge in [-0.25, -0.2) is 4.79 Å². The van der Waals surface area contributed by atoms with Crippen molar-refractivity contribution < 1.29 is 14.1 Å². The number of hydrogen-bond acceptors (Lipinski definition) is 7. The maximum Gasteiger partial charge on any atom is 0.324 e. The smallest absolute Gasteiger partial charge is 0.324 e. The van der Waals surface area contributed by atoms with E-state index in [1.165, 1.54) is 0 Å². The fraction of sp³-hybridized carbons (Fsp3) is 0.407. The highest BCUT2D eigenvalue weighted by Gasteiger charge is 2.20. The Bertz CT molecular complexity index is 1170. The van der Waals surface area contributed by atoms with Crippen molar-refractivity contribution in [3.63, 3.8) is 0 Å². The lowest BCUT2D eigenvalue weighted by Crippen LogP contribution is -2.43. The van der Waals surface area contributed by atoms with Crippen LogP contribution in [0.3, 0.4) is 0 Å². The molecule has 0 saturated carbocycles. The minimum atomic E-state index is -0.423. The fourth-order valence-electron chi connectivity index (χ4n) is 3.90. The molecule has 9 heteroatoms. The quantitative estimate of drug-likeness (QED) is 0.479. The van der Waals surface area contributed by atoms with E-state index in [0.717, 1.165) is 43.9 Å². The van der Waals surface area contributed by atoms with Crippen molar-refractivity contribution in [2.45, 2.75) is 39.2 Å². The van der Waals surface area contributed by atoms with Crippen molar-refractivity contribution >= 4 is 23.3 Å². The number of amides is 2. The Morgan fingerprint density at radius 3 is 2.28 bits per heavy atom. The first-order valence-corrected chi connectivity index (χ1v) is 12.2. The van der Waals surface area contributed by atoms with Gasteiger partial charge in [0.25, 0.3) is 0 Å². The van der Waals surface area contributed by atoms with E-state index < -0.39 is 6.03 Å². The van der Waals surface area contributed by atoms with Crippen LogP contribution in [0.2, 0.25) is 0 Å². The number of aromatic nitrogens is 2. The summed E-state index contributed by atoms with van der Waals surface area (Å²) in [5, 5.41) is 9.30. The SMILES string of the molecule is CN1CCN(Cc2ccc(C(=O)Cc3ccc(NC(=O)Nc4cc(C(C)(C)C)on4)cc3)nc2)CC1. The Kier molecular flexibility index (Phi) is 7.81. The lowest BCUT2D eigenvalue weighted by Gasteiger charge is -2.32. The van der Waals surface area contributed by atoms with Crippen molar-refractivity contribution in [1.29, 1.82) is 0 Å². The molecule has 1 aliphatic heterocycles. The zero-order valence-corrected chi connectivity index (χ0v) is 21.4. The number of nitrogens with one attached hydrogen (secondary N) is 2. The van der Waals surface area contributed by atoms with Gasteiger partial charge in [-0.3, -0.25) is 20.0 Å². The summed E-state index contributed by atoms with van der Waals surface area (Å²) in [5.41, 5.74) is 2.83. The van der Waals surface area contributed by atoms with Crippen molar-refractivity contribution in [3.05, 3.63) is 71.2 Å². The first kappa shape index (κ1) is 25.5. The zero-order chi connectivity index (χ0) is 25.7. The summed E-state index contributed by atoms with van der Waals surface area (Å²) in [6.45, 7) is 11.1. The summed E-state index contributed by atoms with van der Waals surface area (Å²) in [5.74, 6) is 0.993. The van der Waals surface area contributed by atoms with Gasteiger partial charge in [0.1, 0.15) is 11.5 Å². The van der Waals surface area contributed by atoms with Crippen LogP contribution in [0, 0.1) is 0 Å². The second kappa shape index (κ2) is 11.0. The molecule has 1 fully saturated rings. The number of piperazine rings is 1. The highest BCUT2D eigenvalue weighted by molar-refractivity contribution is 5.99. The maximum absolute atomic E-state index is 12.7. The third-order valence-electron chi connectivity index (χ3n) is 6.18. The van der Waals surface area contributed by atoms with Crippen LogP contribution in [0.25, 0.3) is 0 Å². The van der Waals surface area contributed by atoms with Gasteiger partial charge in [0, 0.05) is 62.5 Å². The molecule has 0 atom stereocenters.